The second-order valence-corrected chi connectivity index (χ2v) is 9.78. The predicted octanol–water partition coefficient (Wildman–Crippen LogP) is 6.58. The van der Waals surface area contributed by atoms with E-state index in [0.717, 1.165) is 71.3 Å². The second-order valence-electron chi connectivity index (χ2n) is 8.92. The van der Waals surface area contributed by atoms with E-state index in [9.17, 15) is 4.79 Å². The molecule has 1 amide bonds. The zero-order valence-electron chi connectivity index (χ0n) is 21.7. The molecule has 0 bridgehead atoms. The van der Waals surface area contributed by atoms with Gasteiger partial charge in [-0.3, -0.25) is 4.79 Å². The number of thiazole rings is 1. The lowest BCUT2D eigenvalue weighted by Crippen LogP contribution is -2.29. The Bertz CT molecular complexity index is 1070. The molecule has 2 aromatic heterocycles. The number of aromatic nitrogens is 2. The van der Waals surface area contributed by atoms with Gasteiger partial charge in [0.15, 0.2) is 0 Å². The van der Waals surface area contributed by atoms with Gasteiger partial charge in [0, 0.05) is 43.4 Å². The van der Waals surface area contributed by atoms with Crippen LogP contribution in [0.2, 0.25) is 0 Å². The van der Waals surface area contributed by atoms with Gasteiger partial charge in [0.1, 0.15) is 10.8 Å². The minimum absolute atomic E-state index is 0.00482. The third-order valence-corrected chi connectivity index (χ3v) is 7.43. The summed E-state index contributed by atoms with van der Waals surface area (Å²) in [5, 5.41) is 6.21. The summed E-state index contributed by atoms with van der Waals surface area (Å²) in [7, 11) is 3.38. The molecule has 7 heteroatoms. The van der Waals surface area contributed by atoms with Gasteiger partial charge in [-0.05, 0) is 56.0 Å². The molecular weight excluding hydrogens is 458 g/mol. The minimum atomic E-state index is -0.00482. The van der Waals surface area contributed by atoms with Crippen LogP contribution in [0.15, 0.2) is 35.7 Å². The Morgan fingerprint density at radius 1 is 1.17 bits per heavy atom. The van der Waals surface area contributed by atoms with Crippen molar-refractivity contribution in [3.05, 3.63) is 47.0 Å². The number of unbranched alkanes of at least 4 members (excludes halogenated alkanes) is 1. The molecule has 3 aromatic rings. The SMILES string of the molecule is CCCCC(CC)CNC(=O)c1cc(-c2csc(-c3ccc(OC)cc3)n2)n(CCCOC)c1C. The summed E-state index contributed by atoms with van der Waals surface area (Å²) >= 11 is 1.61. The predicted molar refractivity (Wildman–Crippen MR) is 144 cm³/mol. The van der Waals surface area contributed by atoms with Crippen molar-refractivity contribution in [2.24, 2.45) is 5.92 Å². The molecular formula is C28H39N3O3S. The first kappa shape index (κ1) is 27.0. The summed E-state index contributed by atoms with van der Waals surface area (Å²) in [4.78, 5) is 18.1. The molecule has 1 N–H and O–H groups in total. The number of benzene rings is 1. The fourth-order valence-electron chi connectivity index (χ4n) is 4.28. The number of nitrogens with zero attached hydrogens (tertiary/aromatic N) is 2. The van der Waals surface area contributed by atoms with Crippen LogP contribution < -0.4 is 10.1 Å². The Morgan fingerprint density at radius 3 is 2.60 bits per heavy atom. The summed E-state index contributed by atoms with van der Waals surface area (Å²) in [5.74, 6) is 1.34. The topological polar surface area (TPSA) is 65.4 Å². The fraction of sp³-hybridized carbons (Fsp3) is 0.500. The van der Waals surface area contributed by atoms with E-state index < -0.39 is 0 Å². The first-order valence-corrected chi connectivity index (χ1v) is 13.5. The first-order chi connectivity index (χ1) is 17.0. The van der Waals surface area contributed by atoms with Crippen LogP contribution >= 0.6 is 11.3 Å². The van der Waals surface area contributed by atoms with E-state index in [1.165, 1.54) is 12.8 Å². The molecule has 0 aliphatic rings. The molecule has 3 rings (SSSR count). The minimum Gasteiger partial charge on any atom is -0.497 e. The highest BCUT2D eigenvalue weighted by atomic mass is 32.1. The number of carbonyl (C=O) groups excluding carboxylic acids is 1. The van der Waals surface area contributed by atoms with Gasteiger partial charge in [-0.1, -0.05) is 33.1 Å². The summed E-state index contributed by atoms with van der Waals surface area (Å²) in [6, 6.07) is 9.93. The van der Waals surface area contributed by atoms with Gasteiger partial charge in [0.05, 0.1) is 24.1 Å². The van der Waals surface area contributed by atoms with Crippen LogP contribution in [0.3, 0.4) is 0 Å². The van der Waals surface area contributed by atoms with Crippen molar-refractivity contribution in [2.75, 3.05) is 27.4 Å². The third-order valence-electron chi connectivity index (χ3n) is 6.54. The van der Waals surface area contributed by atoms with Crippen LogP contribution in [0, 0.1) is 12.8 Å². The van der Waals surface area contributed by atoms with Gasteiger partial charge in [0.25, 0.3) is 5.91 Å². The van der Waals surface area contributed by atoms with Crippen molar-refractivity contribution in [3.8, 4) is 27.7 Å². The van der Waals surface area contributed by atoms with Crippen LogP contribution in [0.5, 0.6) is 5.75 Å². The standard InChI is InChI=1S/C28H39N3O3S/c1-6-8-10-21(7-2)18-29-27(32)24-17-26(31(20(24)3)15-9-16-33-4)25-19-35-28(30-25)22-11-13-23(34-5)14-12-22/h11-14,17,19,21H,6-10,15-16,18H2,1-5H3,(H,29,32). The molecule has 0 radical (unpaired) electrons. The van der Waals surface area contributed by atoms with Crippen molar-refractivity contribution in [3.63, 3.8) is 0 Å². The highest BCUT2D eigenvalue weighted by Gasteiger charge is 2.21. The van der Waals surface area contributed by atoms with Gasteiger partial charge < -0.3 is 19.4 Å². The Balaban J connectivity index is 1.85. The lowest BCUT2D eigenvalue weighted by molar-refractivity contribution is 0.0945. The van der Waals surface area contributed by atoms with E-state index in [2.05, 4.69) is 29.1 Å². The van der Waals surface area contributed by atoms with E-state index in [-0.39, 0.29) is 5.91 Å². The van der Waals surface area contributed by atoms with E-state index >= 15 is 0 Å². The lowest BCUT2D eigenvalue weighted by Gasteiger charge is -2.15. The van der Waals surface area contributed by atoms with Crippen LogP contribution in [-0.2, 0) is 11.3 Å². The third kappa shape index (κ3) is 6.95. The normalized spacial score (nSPS) is 12.0. The Hall–Kier alpha value is -2.64. The largest absolute Gasteiger partial charge is 0.497 e. The number of methoxy groups -OCH3 is 2. The van der Waals surface area contributed by atoms with E-state index in [1.807, 2.05) is 37.3 Å². The molecule has 6 nitrogen and oxygen atoms in total. The van der Waals surface area contributed by atoms with Gasteiger partial charge in [-0.2, -0.15) is 0 Å². The second kappa shape index (κ2) is 13.4. The lowest BCUT2D eigenvalue weighted by atomic mass is 9.99. The van der Waals surface area contributed by atoms with E-state index in [1.54, 1.807) is 25.6 Å². The highest BCUT2D eigenvalue weighted by molar-refractivity contribution is 7.13. The maximum absolute atomic E-state index is 13.2. The molecule has 0 aliphatic heterocycles. The molecule has 0 fully saturated rings. The number of nitrogens with one attached hydrogen (secondary N) is 1. The smallest absolute Gasteiger partial charge is 0.253 e. The summed E-state index contributed by atoms with van der Waals surface area (Å²) in [6.07, 6.45) is 5.49. The zero-order chi connectivity index (χ0) is 25.2. The summed E-state index contributed by atoms with van der Waals surface area (Å²) in [6.45, 7) is 8.59. The molecule has 0 spiro atoms. The molecule has 1 atom stereocenters. The van der Waals surface area contributed by atoms with Crippen molar-refractivity contribution >= 4 is 17.2 Å². The highest BCUT2D eigenvalue weighted by Crippen LogP contribution is 2.32. The average molecular weight is 498 g/mol. The molecule has 190 valence electrons. The van der Waals surface area contributed by atoms with Gasteiger partial charge >= 0.3 is 0 Å². The summed E-state index contributed by atoms with van der Waals surface area (Å²) < 4.78 is 12.8. The first-order valence-electron chi connectivity index (χ1n) is 12.6. The number of hydrogen-bond donors (Lipinski definition) is 1. The van der Waals surface area contributed by atoms with E-state index in [0.29, 0.717) is 12.5 Å². The Labute approximate surface area is 213 Å². The Morgan fingerprint density at radius 2 is 1.94 bits per heavy atom. The summed E-state index contributed by atoms with van der Waals surface area (Å²) in [5.41, 5.74) is 4.59. The van der Waals surface area contributed by atoms with Crippen LogP contribution in [0.25, 0.3) is 22.0 Å². The number of rotatable bonds is 14. The van der Waals surface area contributed by atoms with Crippen molar-refractivity contribution in [1.29, 1.82) is 0 Å². The van der Waals surface area contributed by atoms with Crippen LogP contribution in [0.1, 0.15) is 62.0 Å². The number of carbonyl (C=O) groups is 1. The van der Waals surface area contributed by atoms with Crippen molar-refractivity contribution < 1.29 is 14.3 Å². The van der Waals surface area contributed by atoms with E-state index in [4.69, 9.17) is 14.5 Å². The van der Waals surface area contributed by atoms with Crippen LogP contribution in [-0.4, -0.2) is 42.8 Å². The van der Waals surface area contributed by atoms with Crippen molar-refractivity contribution in [2.45, 2.75) is 59.4 Å². The monoisotopic (exact) mass is 497 g/mol. The number of ether oxygens (including phenoxy) is 2. The van der Waals surface area contributed by atoms with Gasteiger partial charge in [-0.25, -0.2) is 4.98 Å². The average Bonchev–Trinajstić information content (AvgIpc) is 3.49. The molecule has 0 saturated carbocycles. The zero-order valence-corrected chi connectivity index (χ0v) is 22.5. The maximum atomic E-state index is 13.2. The van der Waals surface area contributed by atoms with Gasteiger partial charge in [-0.15, -0.1) is 11.3 Å². The fourth-order valence-corrected chi connectivity index (χ4v) is 5.10. The number of amides is 1. The molecule has 1 aromatic carbocycles. The molecule has 35 heavy (non-hydrogen) atoms. The van der Waals surface area contributed by atoms with Gasteiger partial charge in [0.2, 0.25) is 0 Å². The van der Waals surface area contributed by atoms with Crippen LogP contribution in [0.4, 0.5) is 0 Å². The molecule has 0 aliphatic carbocycles. The number of hydrogen-bond acceptors (Lipinski definition) is 5. The maximum Gasteiger partial charge on any atom is 0.253 e. The quantitative estimate of drug-likeness (QED) is 0.256. The molecule has 0 saturated heterocycles. The molecule has 2 heterocycles. The Kier molecular flexibility index (Phi) is 10.4. The molecule has 1 unspecified atom stereocenters. The van der Waals surface area contributed by atoms with Crippen molar-refractivity contribution in [1.82, 2.24) is 14.9 Å².